The Labute approximate surface area is 296 Å². The molecule has 266 valence electrons. The van der Waals surface area contributed by atoms with Crippen molar-refractivity contribution in [2.45, 2.75) is 129 Å². The highest BCUT2D eigenvalue weighted by Crippen LogP contribution is 2.20. The predicted octanol–water partition coefficient (Wildman–Crippen LogP) is 12.6. The van der Waals surface area contributed by atoms with Gasteiger partial charge in [0.1, 0.15) is 17.2 Å². The van der Waals surface area contributed by atoms with Crippen molar-refractivity contribution in [3.8, 4) is 17.2 Å². The smallest absolute Gasteiger partial charge is 0.343 e. The van der Waals surface area contributed by atoms with Gasteiger partial charge in [0.25, 0.3) is 0 Å². The fourth-order valence-electron chi connectivity index (χ4n) is 5.71. The maximum absolute atomic E-state index is 12.9. The molecule has 0 spiro atoms. The van der Waals surface area contributed by atoms with Crippen LogP contribution in [-0.2, 0) is 0 Å². The van der Waals surface area contributed by atoms with E-state index in [1.54, 1.807) is 54.6 Å². The van der Waals surface area contributed by atoms with E-state index in [-0.39, 0.29) is 5.78 Å². The van der Waals surface area contributed by atoms with E-state index in [4.69, 9.17) is 14.2 Å². The highest BCUT2D eigenvalue weighted by atomic mass is 16.5. The Morgan fingerprint density at radius 1 is 0.510 bits per heavy atom. The highest BCUT2D eigenvalue weighted by molar-refractivity contribution is 6.07. The van der Waals surface area contributed by atoms with Gasteiger partial charge in [-0.15, -0.1) is 0 Å². The first kappa shape index (κ1) is 39.6. The molecule has 0 saturated heterocycles. The number of hydrogen-bond donors (Lipinski definition) is 0. The van der Waals surface area contributed by atoms with Crippen molar-refractivity contribution in [1.29, 1.82) is 0 Å². The number of unbranched alkanes of at least 4 members (excludes halogenated alkanes) is 16. The number of carbonyl (C=O) groups excluding carboxylic acids is 2. The summed E-state index contributed by atoms with van der Waals surface area (Å²) in [5.41, 5.74) is 1.78. The number of allylic oxidation sites excluding steroid dienone is 1. The van der Waals surface area contributed by atoms with Crippen LogP contribution in [-0.4, -0.2) is 25.0 Å². The van der Waals surface area contributed by atoms with Gasteiger partial charge in [-0.3, -0.25) is 4.79 Å². The minimum absolute atomic E-state index is 0.169. The summed E-state index contributed by atoms with van der Waals surface area (Å²) in [5.74, 6) is 1.26. The Balaban J connectivity index is 1.33. The third-order valence-electron chi connectivity index (χ3n) is 8.76. The van der Waals surface area contributed by atoms with Gasteiger partial charge in [0.05, 0.1) is 18.8 Å². The number of ether oxygens (including phenoxy) is 3. The summed E-state index contributed by atoms with van der Waals surface area (Å²) in [6.45, 7) is 5.90. The van der Waals surface area contributed by atoms with Crippen LogP contribution < -0.4 is 14.2 Å². The molecule has 3 aromatic carbocycles. The molecule has 0 saturated carbocycles. The molecule has 0 bridgehead atoms. The Hall–Kier alpha value is -3.86. The van der Waals surface area contributed by atoms with Crippen LogP contribution in [0.1, 0.15) is 156 Å². The van der Waals surface area contributed by atoms with Crippen molar-refractivity contribution in [3.05, 3.63) is 95.6 Å². The van der Waals surface area contributed by atoms with Gasteiger partial charge in [0.15, 0.2) is 5.78 Å². The molecule has 0 aliphatic carbocycles. The zero-order chi connectivity index (χ0) is 34.8. The van der Waals surface area contributed by atoms with Crippen molar-refractivity contribution in [3.63, 3.8) is 0 Å². The van der Waals surface area contributed by atoms with Gasteiger partial charge in [-0.1, -0.05) is 147 Å². The minimum Gasteiger partial charge on any atom is -0.494 e. The van der Waals surface area contributed by atoms with Crippen LogP contribution in [0.15, 0.2) is 78.9 Å². The highest BCUT2D eigenvalue weighted by Gasteiger charge is 2.11. The monoisotopic (exact) mass is 668 g/mol. The zero-order valence-electron chi connectivity index (χ0n) is 30.3. The summed E-state index contributed by atoms with van der Waals surface area (Å²) in [5, 5.41) is 0. The topological polar surface area (TPSA) is 61.8 Å². The quantitative estimate of drug-likeness (QED) is 0.0266. The van der Waals surface area contributed by atoms with E-state index in [0.29, 0.717) is 23.5 Å². The average molecular weight is 669 g/mol. The first-order valence-electron chi connectivity index (χ1n) is 19.1. The SMILES string of the molecule is CCCCCCCCCCCCOc1ccc(/C=C/C(=O)c2cccc(OC(=O)c3ccc(OCCCCCCCCCC)cc3)c2)cc1. The number of benzene rings is 3. The van der Waals surface area contributed by atoms with Crippen LogP contribution in [0.4, 0.5) is 0 Å². The van der Waals surface area contributed by atoms with Crippen LogP contribution in [0.25, 0.3) is 6.08 Å². The summed E-state index contributed by atoms with van der Waals surface area (Å²) >= 11 is 0. The van der Waals surface area contributed by atoms with Gasteiger partial charge >= 0.3 is 5.97 Å². The molecule has 0 aromatic heterocycles. The van der Waals surface area contributed by atoms with E-state index >= 15 is 0 Å². The largest absolute Gasteiger partial charge is 0.494 e. The Morgan fingerprint density at radius 2 is 0.980 bits per heavy atom. The fourth-order valence-corrected chi connectivity index (χ4v) is 5.71. The maximum Gasteiger partial charge on any atom is 0.343 e. The Bertz CT molecular complexity index is 1340. The normalized spacial score (nSPS) is 11.1. The second-order valence-electron chi connectivity index (χ2n) is 13.1. The second-order valence-corrected chi connectivity index (χ2v) is 13.1. The van der Waals surface area contributed by atoms with E-state index in [9.17, 15) is 9.59 Å². The first-order chi connectivity index (χ1) is 24.1. The van der Waals surface area contributed by atoms with E-state index in [1.807, 2.05) is 24.3 Å². The van der Waals surface area contributed by atoms with Crippen LogP contribution >= 0.6 is 0 Å². The van der Waals surface area contributed by atoms with Gasteiger partial charge in [-0.05, 0) is 73.0 Å². The summed E-state index contributed by atoms with van der Waals surface area (Å²) in [4.78, 5) is 25.7. The van der Waals surface area contributed by atoms with Crippen molar-refractivity contribution < 1.29 is 23.8 Å². The van der Waals surface area contributed by atoms with E-state index in [1.165, 1.54) is 109 Å². The lowest BCUT2D eigenvalue weighted by Crippen LogP contribution is -2.09. The van der Waals surface area contributed by atoms with Crippen molar-refractivity contribution >= 4 is 17.8 Å². The summed E-state index contributed by atoms with van der Waals surface area (Å²) in [6, 6.07) is 21.5. The number of carbonyl (C=O) groups is 2. The molecule has 0 heterocycles. The fraction of sp³-hybridized carbons (Fsp3) is 0.500. The first-order valence-corrected chi connectivity index (χ1v) is 19.1. The van der Waals surface area contributed by atoms with Crippen LogP contribution in [0.3, 0.4) is 0 Å². The van der Waals surface area contributed by atoms with Gasteiger partial charge in [-0.2, -0.15) is 0 Å². The third-order valence-corrected chi connectivity index (χ3v) is 8.76. The molecule has 5 nitrogen and oxygen atoms in total. The van der Waals surface area contributed by atoms with Crippen molar-refractivity contribution in [1.82, 2.24) is 0 Å². The Morgan fingerprint density at radius 3 is 1.49 bits per heavy atom. The molecule has 0 aliphatic rings. The molecule has 0 atom stereocenters. The van der Waals surface area contributed by atoms with E-state index in [2.05, 4.69) is 13.8 Å². The molecular weight excluding hydrogens is 608 g/mol. The molecule has 3 rings (SSSR count). The molecule has 0 aliphatic heterocycles. The summed E-state index contributed by atoms with van der Waals surface area (Å²) in [7, 11) is 0. The maximum atomic E-state index is 12.9. The van der Waals surface area contributed by atoms with E-state index in [0.717, 1.165) is 36.5 Å². The van der Waals surface area contributed by atoms with Crippen molar-refractivity contribution in [2.24, 2.45) is 0 Å². The number of rotatable bonds is 27. The summed E-state index contributed by atoms with van der Waals surface area (Å²) in [6.07, 6.45) is 26.4. The second kappa shape index (κ2) is 25.2. The molecule has 0 amide bonds. The molecular formula is C44H60O5. The number of ketones is 1. The van der Waals surface area contributed by atoms with Crippen molar-refractivity contribution in [2.75, 3.05) is 13.2 Å². The number of esters is 1. The Kier molecular flexibility index (Phi) is 20.3. The minimum atomic E-state index is -0.481. The lowest BCUT2D eigenvalue weighted by molar-refractivity contribution is 0.0733. The third kappa shape index (κ3) is 17.4. The zero-order valence-corrected chi connectivity index (χ0v) is 30.3. The molecule has 5 heteroatoms. The summed E-state index contributed by atoms with van der Waals surface area (Å²) < 4.78 is 17.3. The van der Waals surface area contributed by atoms with Crippen LogP contribution in [0, 0.1) is 0 Å². The molecule has 3 aromatic rings. The molecule has 49 heavy (non-hydrogen) atoms. The van der Waals surface area contributed by atoms with Gasteiger partial charge in [0.2, 0.25) is 0 Å². The molecule has 0 unspecified atom stereocenters. The standard InChI is InChI=1S/C44H60O5/c1-3-5-7-9-11-13-14-16-18-19-34-47-40-29-24-37(25-30-40)26-33-43(45)39-22-21-23-42(36-39)49-44(46)38-27-31-41(32-28-38)48-35-20-17-15-12-10-8-6-4-2/h21-33,36H,3-20,34-35H2,1-2H3/b33-26+. The van der Waals surface area contributed by atoms with Gasteiger partial charge in [-0.25, -0.2) is 4.79 Å². The van der Waals surface area contributed by atoms with Crippen LogP contribution in [0.5, 0.6) is 17.2 Å². The average Bonchev–Trinajstić information content (AvgIpc) is 3.13. The lowest BCUT2D eigenvalue weighted by Gasteiger charge is -2.08. The van der Waals surface area contributed by atoms with E-state index < -0.39 is 5.97 Å². The van der Waals surface area contributed by atoms with Gasteiger partial charge < -0.3 is 14.2 Å². The lowest BCUT2D eigenvalue weighted by atomic mass is 10.1. The predicted molar refractivity (Wildman–Crippen MR) is 203 cm³/mol. The van der Waals surface area contributed by atoms with Crippen LogP contribution in [0.2, 0.25) is 0 Å². The van der Waals surface area contributed by atoms with Gasteiger partial charge in [0, 0.05) is 5.56 Å². The number of hydrogen-bond acceptors (Lipinski definition) is 5. The molecule has 0 radical (unpaired) electrons. The molecule has 0 fully saturated rings. The molecule has 0 N–H and O–H groups in total.